The molecule has 2 aliphatic rings. The minimum absolute atomic E-state index is 0.0985. The minimum atomic E-state index is -2.66. The van der Waals surface area contributed by atoms with Crippen LogP contribution in [0.2, 0.25) is 5.04 Å². The molecule has 0 fully saturated rings. The van der Waals surface area contributed by atoms with Gasteiger partial charge >= 0.3 is 8.32 Å². The van der Waals surface area contributed by atoms with Crippen molar-refractivity contribution in [1.82, 2.24) is 0 Å². The van der Waals surface area contributed by atoms with Crippen LogP contribution in [-0.4, -0.2) is 25.0 Å². The second kappa shape index (κ2) is 10.7. The first-order valence-corrected chi connectivity index (χ1v) is 15.4. The van der Waals surface area contributed by atoms with Gasteiger partial charge in [-0.1, -0.05) is 93.6 Å². The molecule has 0 radical (unpaired) electrons. The van der Waals surface area contributed by atoms with Crippen LogP contribution in [0.3, 0.4) is 0 Å². The number of aromatic hydroxyl groups is 1. The van der Waals surface area contributed by atoms with Gasteiger partial charge in [0.1, 0.15) is 11.5 Å². The van der Waals surface area contributed by atoms with Crippen LogP contribution < -0.4 is 14.8 Å². The van der Waals surface area contributed by atoms with Crippen molar-refractivity contribution >= 4 is 30.3 Å². The van der Waals surface area contributed by atoms with E-state index in [1.165, 1.54) is 10.4 Å². The van der Waals surface area contributed by atoms with Gasteiger partial charge < -0.3 is 9.53 Å². The Bertz CT molecular complexity index is 1460. The van der Waals surface area contributed by atoms with Gasteiger partial charge in [0.05, 0.1) is 0 Å². The predicted molar refractivity (Wildman–Crippen MR) is 158 cm³/mol. The molecule has 4 nitrogen and oxygen atoms in total. The van der Waals surface area contributed by atoms with E-state index in [0.717, 1.165) is 35.3 Å². The van der Waals surface area contributed by atoms with Gasteiger partial charge in [-0.05, 0) is 63.6 Å². The van der Waals surface area contributed by atoms with Crippen molar-refractivity contribution < 1.29 is 19.1 Å². The Labute approximate surface area is 231 Å². The quantitative estimate of drug-likeness (QED) is 0.313. The van der Waals surface area contributed by atoms with Crippen LogP contribution in [0, 0.1) is 0 Å². The minimum Gasteiger partial charge on any atom is -0.534 e. The molecule has 39 heavy (non-hydrogen) atoms. The van der Waals surface area contributed by atoms with Crippen molar-refractivity contribution in [1.29, 1.82) is 0 Å². The molecule has 4 aromatic rings. The number of fused-ring (bicyclic) bond motifs is 2. The number of rotatable bonds is 4. The van der Waals surface area contributed by atoms with E-state index < -0.39 is 8.32 Å². The Balaban J connectivity index is 0.000000233. The second-order valence-electron chi connectivity index (χ2n) is 11.3. The molecule has 0 atom stereocenters. The highest BCUT2D eigenvalue weighted by atomic mass is 28.4. The zero-order valence-electron chi connectivity index (χ0n) is 22.7. The van der Waals surface area contributed by atoms with Gasteiger partial charge in [0.25, 0.3) is 0 Å². The Morgan fingerprint density at radius 3 is 1.64 bits per heavy atom. The first kappa shape index (κ1) is 26.6. The van der Waals surface area contributed by atoms with E-state index in [4.69, 9.17) is 9.53 Å². The molecule has 0 unspecified atom stereocenters. The number of phenols is 1. The Morgan fingerprint density at radius 2 is 1.13 bits per heavy atom. The Hall–Kier alpha value is -3.96. The lowest BCUT2D eigenvalue weighted by Gasteiger charge is -2.43. The maximum atomic E-state index is 12.3. The van der Waals surface area contributed by atoms with Crippen molar-refractivity contribution in [3.05, 3.63) is 119 Å². The van der Waals surface area contributed by atoms with E-state index in [2.05, 4.69) is 75.4 Å². The number of ketones is 2. The summed E-state index contributed by atoms with van der Waals surface area (Å²) in [7, 11) is -2.66. The van der Waals surface area contributed by atoms with Crippen LogP contribution in [0.4, 0.5) is 0 Å². The fourth-order valence-corrected chi connectivity index (χ4v) is 10.1. The number of aryl methyl sites for hydroxylation is 2. The second-order valence-corrected chi connectivity index (χ2v) is 15.5. The lowest BCUT2D eigenvalue weighted by atomic mass is 10.1. The zero-order valence-corrected chi connectivity index (χ0v) is 23.7. The summed E-state index contributed by atoms with van der Waals surface area (Å²) in [6, 6.07) is 32.2. The highest BCUT2D eigenvalue weighted by molar-refractivity contribution is 7.00. The lowest BCUT2D eigenvalue weighted by Crippen LogP contribution is -2.68. The first-order chi connectivity index (χ1) is 18.7. The normalized spacial score (nSPS) is 14.3. The Kier molecular flexibility index (Phi) is 7.28. The summed E-state index contributed by atoms with van der Waals surface area (Å²) in [6.45, 7) is 6.78. The number of carbonyl (C=O) groups is 2. The fourth-order valence-electron chi connectivity index (χ4n) is 5.73. The first-order valence-electron chi connectivity index (χ1n) is 13.5. The number of phenolic OH excluding ortho intramolecular Hbond substituents is 1. The maximum Gasteiger partial charge on any atom is 0.319 e. The predicted octanol–water partition coefficient (Wildman–Crippen LogP) is 6.28. The highest BCUT2D eigenvalue weighted by Crippen LogP contribution is 2.38. The largest absolute Gasteiger partial charge is 0.534 e. The standard InChI is InChI=1S/C25H26O2Si.C9H8O2/c1-25(2,3)28(21-10-6-4-7-11-21,22-12-8-5-9-13-22)27-20-16-14-19-15-17-24(26)23(19)18-20;10-7-3-1-6-2-4-9(11)8(6)5-7/h4-14,16,18H,15,17H2,1-3H3;1,3,5,10H,2,4H2. The lowest BCUT2D eigenvalue weighted by molar-refractivity contribution is 0.0986. The molecule has 4 aromatic carbocycles. The number of Topliss-reactive ketones (excluding diaryl/α,β-unsaturated/α-hetero) is 2. The van der Waals surface area contributed by atoms with E-state index in [9.17, 15) is 9.59 Å². The van der Waals surface area contributed by atoms with E-state index in [0.29, 0.717) is 18.4 Å². The molecule has 0 aliphatic heterocycles. The molecule has 1 N–H and O–H groups in total. The molecule has 0 saturated heterocycles. The van der Waals surface area contributed by atoms with Crippen LogP contribution >= 0.6 is 0 Å². The molecule has 6 rings (SSSR count). The molecule has 0 heterocycles. The molecule has 0 saturated carbocycles. The average molecular weight is 535 g/mol. The third kappa shape index (κ3) is 5.19. The molecule has 0 spiro atoms. The Morgan fingerprint density at radius 1 is 0.641 bits per heavy atom. The summed E-state index contributed by atoms with van der Waals surface area (Å²) in [5, 5.41) is 11.4. The molecular formula is C34H34O4Si. The van der Waals surface area contributed by atoms with Crippen molar-refractivity contribution in [3.63, 3.8) is 0 Å². The SMILES string of the molecule is CC(C)(C)[Si](Oc1ccc2c(c1)C(=O)CC2)(c1ccccc1)c1ccccc1.O=C1CCc2ccc(O)cc21. The van der Waals surface area contributed by atoms with Crippen molar-refractivity contribution in [2.75, 3.05) is 0 Å². The summed E-state index contributed by atoms with van der Waals surface area (Å²) >= 11 is 0. The average Bonchev–Trinajstić information content (AvgIpc) is 3.49. The fraction of sp³-hybridized carbons (Fsp3) is 0.235. The molecule has 0 amide bonds. The number of benzene rings is 4. The summed E-state index contributed by atoms with van der Waals surface area (Å²) < 4.78 is 7.00. The van der Waals surface area contributed by atoms with Crippen LogP contribution in [0.5, 0.6) is 11.5 Å². The molecule has 0 bridgehead atoms. The van der Waals surface area contributed by atoms with Gasteiger partial charge in [0, 0.05) is 24.0 Å². The third-order valence-electron chi connectivity index (χ3n) is 7.71. The van der Waals surface area contributed by atoms with E-state index >= 15 is 0 Å². The van der Waals surface area contributed by atoms with Gasteiger partial charge in [-0.3, -0.25) is 9.59 Å². The smallest absolute Gasteiger partial charge is 0.319 e. The summed E-state index contributed by atoms with van der Waals surface area (Å²) in [4.78, 5) is 23.4. The van der Waals surface area contributed by atoms with Gasteiger partial charge in [-0.25, -0.2) is 0 Å². The van der Waals surface area contributed by atoms with Crippen molar-refractivity contribution in [3.8, 4) is 11.5 Å². The van der Waals surface area contributed by atoms with Crippen LogP contribution in [0.15, 0.2) is 97.1 Å². The van der Waals surface area contributed by atoms with Gasteiger partial charge in [0.15, 0.2) is 11.6 Å². The number of carbonyl (C=O) groups excluding carboxylic acids is 2. The van der Waals surface area contributed by atoms with Crippen LogP contribution in [-0.2, 0) is 12.8 Å². The number of hydrogen-bond donors (Lipinski definition) is 1. The van der Waals surface area contributed by atoms with Crippen LogP contribution in [0.25, 0.3) is 0 Å². The van der Waals surface area contributed by atoms with Gasteiger partial charge in [0.2, 0.25) is 0 Å². The zero-order chi connectivity index (χ0) is 27.6. The molecule has 5 heteroatoms. The van der Waals surface area contributed by atoms with E-state index in [1.54, 1.807) is 12.1 Å². The summed E-state index contributed by atoms with van der Waals surface area (Å²) in [5.41, 5.74) is 3.73. The van der Waals surface area contributed by atoms with Crippen LogP contribution in [0.1, 0.15) is 65.5 Å². The maximum absolute atomic E-state index is 12.3. The molecule has 2 aliphatic carbocycles. The van der Waals surface area contributed by atoms with Gasteiger partial charge in [-0.15, -0.1) is 0 Å². The molecule has 198 valence electrons. The highest BCUT2D eigenvalue weighted by Gasteiger charge is 2.52. The molecule has 0 aromatic heterocycles. The third-order valence-corrected chi connectivity index (χ3v) is 12.7. The van der Waals surface area contributed by atoms with Gasteiger partial charge in [-0.2, -0.15) is 0 Å². The summed E-state index contributed by atoms with van der Waals surface area (Å²) in [6.07, 6.45) is 2.87. The monoisotopic (exact) mass is 534 g/mol. The van der Waals surface area contributed by atoms with E-state index in [1.807, 2.05) is 30.3 Å². The van der Waals surface area contributed by atoms with Crippen molar-refractivity contribution in [2.24, 2.45) is 0 Å². The van der Waals surface area contributed by atoms with Crippen molar-refractivity contribution in [2.45, 2.75) is 51.5 Å². The topological polar surface area (TPSA) is 63.6 Å². The number of hydrogen-bond acceptors (Lipinski definition) is 4. The molecular weight excluding hydrogens is 500 g/mol. The van der Waals surface area contributed by atoms with E-state index in [-0.39, 0.29) is 22.4 Å². The summed E-state index contributed by atoms with van der Waals surface area (Å²) in [5.74, 6) is 1.35.